The van der Waals surface area contributed by atoms with E-state index in [-0.39, 0.29) is 5.91 Å². The summed E-state index contributed by atoms with van der Waals surface area (Å²) >= 11 is 6.08. The van der Waals surface area contributed by atoms with Gasteiger partial charge in [0.05, 0.1) is 5.69 Å². The number of nitrogens with one attached hydrogen (secondary N) is 1. The average molecular weight is 381 g/mol. The number of aromatic nitrogens is 5. The molecular weight excluding hydrogens is 364 g/mol. The maximum absolute atomic E-state index is 12.5. The van der Waals surface area contributed by atoms with Crippen LogP contribution in [0, 0.1) is 6.92 Å². The summed E-state index contributed by atoms with van der Waals surface area (Å²) < 4.78 is 3.66. The summed E-state index contributed by atoms with van der Waals surface area (Å²) in [4.78, 5) is 12.5. The van der Waals surface area contributed by atoms with Crippen LogP contribution in [0.15, 0.2) is 54.7 Å². The van der Waals surface area contributed by atoms with Crippen molar-refractivity contribution < 1.29 is 4.79 Å². The molecule has 27 heavy (non-hydrogen) atoms. The number of halogens is 1. The number of hydrogen-bond donors (Lipinski definition) is 1. The van der Waals surface area contributed by atoms with Crippen LogP contribution in [0.1, 0.15) is 16.2 Å². The molecule has 4 aromatic rings. The van der Waals surface area contributed by atoms with Crippen molar-refractivity contribution in [1.82, 2.24) is 30.1 Å². The molecule has 2 aromatic carbocycles. The number of tetrazole rings is 1. The predicted molar refractivity (Wildman–Crippen MR) is 103 cm³/mol. The second kappa shape index (κ2) is 7.20. The van der Waals surface area contributed by atoms with Gasteiger partial charge in [0.1, 0.15) is 0 Å². The van der Waals surface area contributed by atoms with Crippen LogP contribution in [0.5, 0.6) is 0 Å². The molecule has 4 rings (SSSR count). The summed E-state index contributed by atoms with van der Waals surface area (Å²) in [5.41, 5.74) is 2.35. The van der Waals surface area contributed by atoms with Crippen LogP contribution < -0.4 is 5.32 Å². The molecule has 7 nitrogen and oxygen atoms in total. The Morgan fingerprint density at radius 3 is 2.89 bits per heavy atom. The van der Waals surface area contributed by atoms with Crippen LogP contribution in [0.3, 0.4) is 0 Å². The number of amides is 1. The molecule has 0 spiro atoms. The van der Waals surface area contributed by atoms with Gasteiger partial charge in [-0.2, -0.15) is 4.68 Å². The van der Waals surface area contributed by atoms with Crippen LogP contribution in [0.2, 0.25) is 5.02 Å². The van der Waals surface area contributed by atoms with Gasteiger partial charge in [-0.1, -0.05) is 23.7 Å². The Kier molecular flexibility index (Phi) is 4.60. The number of hydrogen-bond acceptors (Lipinski definition) is 4. The van der Waals surface area contributed by atoms with Gasteiger partial charge >= 0.3 is 0 Å². The SMILES string of the molecule is Cc1nnnn1-c1cccc(C(=O)NCCn2ccc3ccc(Cl)cc32)c1. The van der Waals surface area contributed by atoms with E-state index >= 15 is 0 Å². The lowest BCUT2D eigenvalue weighted by Gasteiger charge is -2.09. The molecule has 2 aromatic heterocycles. The first-order valence-electron chi connectivity index (χ1n) is 8.50. The predicted octanol–water partition coefficient (Wildman–Crippen LogP) is 3.01. The van der Waals surface area contributed by atoms with Gasteiger partial charge in [0.25, 0.3) is 5.91 Å². The highest BCUT2D eigenvalue weighted by Gasteiger charge is 2.09. The van der Waals surface area contributed by atoms with Crippen LogP contribution in [-0.2, 0) is 6.54 Å². The molecule has 0 bridgehead atoms. The van der Waals surface area contributed by atoms with Crippen molar-refractivity contribution in [1.29, 1.82) is 0 Å². The van der Waals surface area contributed by atoms with Crippen molar-refractivity contribution in [3.8, 4) is 5.69 Å². The minimum Gasteiger partial charge on any atom is -0.350 e. The Hall–Kier alpha value is -3.19. The Morgan fingerprint density at radius 1 is 1.19 bits per heavy atom. The van der Waals surface area contributed by atoms with E-state index in [0.717, 1.165) is 16.6 Å². The average Bonchev–Trinajstić information content (AvgIpc) is 3.28. The zero-order valence-corrected chi connectivity index (χ0v) is 15.4. The molecule has 0 atom stereocenters. The van der Waals surface area contributed by atoms with Gasteiger partial charge in [0.2, 0.25) is 0 Å². The lowest BCUT2D eigenvalue weighted by Crippen LogP contribution is -2.27. The molecule has 0 aliphatic carbocycles. The van der Waals surface area contributed by atoms with Crippen molar-refractivity contribution in [2.24, 2.45) is 0 Å². The molecule has 136 valence electrons. The van der Waals surface area contributed by atoms with Crippen LogP contribution in [-0.4, -0.2) is 37.2 Å². The molecule has 2 heterocycles. The first-order valence-corrected chi connectivity index (χ1v) is 8.87. The second-order valence-electron chi connectivity index (χ2n) is 6.16. The van der Waals surface area contributed by atoms with E-state index in [2.05, 4.69) is 25.4 Å². The van der Waals surface area contributed by atoms with E-state index < -0.39 is 0 Å². The van der Waals surface area contributed by atoms with Crippen molar-refractivity contribution in [2.75, 3.05) is 6.54 Å². The van der Waals surface area contributed by atoms with E-state index in [9.17, 15) is 4.79 Å². The molecule has 0 saturated heterocycles. The number of carbonyl (C=O) groups is 1. The van der Waals surface area contributed by atoms with E-state index in [1.807, 2.05) is 42.6 Å². The fourth-order valence-electron chi connectivity index (χ4n) is 2.99. The Morgan fingerprint density at radius 2 is 2.07 bits per heavy atom. The minimum atomic E-state index is -0.142. The second-order valence-corrected chi connectivity index (χ2v) is 6.59. The largest absolute Gasteiger partial charge is 0.350 e. The van der Waals surface area contributed by atoms with E-state index in [1.165, 1.54) is 0 Å². The summed E-state index contributed by atoms with van der Waals surface area (Å²) in [6.45, 7) is 2.96. The minimum absolute atomic E-state index is 0.142. The lowest BCUT2D eigenvalue weighted by atomic mass is 10.2. The molecule has 0 saturated carbocycles. The number of fused-ring (bicyclic) bond motifs is 1. The maximum atomic E-state index is 12.5. The van der Waals surface area contributed by atoms with E-state index in [0.29, 0.717) is 29.5 Å². The van der Waals surface area contributed by atoms with Gasteiger partial charge in [0, 0.05) is 35.4 Å². The first kappa shape index (κ1) is 17.2. The summed E-state index contributed by atoms with van der Waals surface area (Å²) in [5, 5.41) is 16.2. The monoisotopic (exact) mass is 380 g/mol. The van der Waals surface area contributed by atoms with Crippen molar-refractivity contribution in [3.05, 3.63) is 71.1 Å². The van der Waals surface area contributed by atoms with E-state index in [1.54, 1.807) is 23.7 Å². The van der Waals surface area contributed by atoms with E-state index in [4.69, 9.17) is 11.6 Å². The zero-order chi connectivity index (χ0) is 18.8. The molecule has 0 aliphatic rings. The molecule has 0 fully saturated rings. The molecule has 0 radical (unpaired) electrons. The highest BCUT2D eigenvalue weighted by atomic mass is 35.5. The highest BCUT2D eigenvalue weighted by molar-refractivity contribution is 6.31. The number of rotatable bonds is 5. The summed E-state index contributed by atoms with van der Waals surface area (Å²) in [6, 6.07) is 15.0. The van der Waals surface area contributed by atoms with Crippen molar-refractivity contribution in [2.45, 2.75) is 13.5 Å². The number of aryl methyl sites for hydroxylation is 1. The Labute approximate surface area is 160 Å². The third kappa shape index (κ3) is 3.54. The standard InChI is InChI=1S/C19H17ClN6O/c1-13-22-23-24-26(13)17-4-2-3-15(11-17)19(27)21-8-10-25-9-7-14-5-6-16(20)12-18(14)25/h2-7,9,11-12H,8,10H2,1H3,(H,21,27). The Bertz CT molecular complexity index is 1120. The molecule has 1 N–H and O–H groups in total. The number of carbonyl (C=O) groups excluding carboxylic acids is 1. The lowest BCUT2D eigenvalue weighted by molar-refractivity contribution is 0.0952. The summed E-state index contributed by atoms with van der Waals surface area (Å²) in [5.74, 6) is 0.516. The number of benzene rings is 2. The number of nitrogens with zero attached hydrogens (tertiary/aromatic N) is 5. The summed E-state index contributed by atoms with van der Waals surface area (Å²) in [7, 11) is 0. The quantitative estimate of drug-likeness (QED) is 0.577. The highest BCUT2D eigenvalue weighted by Crippen LogP contribution is 2.20. The van der Waals surface area contributed by atoms with Crippen molar-refractivity contribution >= 4 is 28.4 Å². The van der Waals surface area contributed by atoms with Gasteiger partial charge in [-0.15, -0.1) is 5.10 Å². The van der Waals surface area contributed by atoms with Crippen molar-refractivity contribution in [3.63, 3.8) is 0 Å². The third-order valence-corrected chi connectivity index (χ3v) is 4.59. The third-order valence-electron chi connectivity index (χ3n) is 4.35. The molecule has 0 aliphatic heterocycles. The smallest absolute Gasteiger partial charge is 0.251 e. The van der Waals surface area contributed by atoms with Gasteiger partial charge in [0.15, 0.2) is 5.82 Å². The zero-order valence-electron chi connectivity index (χ0n) is 14.6. The normalized spacial score (nSPS) is 11.0. The van der Waals surface area contributed by atoms with Gasteiger partial charge in [-0.3, -0.25) is 4.79 Å². The van der Waals surface area contributed by atoms with Crippen LogP contribution >= 0.6 is 11.6 Å². The maximum Gasteiger partial charge on any atom is 0.251 e. The topological polar surface area (TPSA) is 77.6 Å². The van der Waals surface area contributed by atoms with Crippen LogP contribution in [0.25, 0.3) is 16.6 Å². The molecule has 1 amide bonds. The molecule has 8 heteroatoms. The van der Waals surface area contributed by atoms with Gasteiger partial charge < -0.3 is 9.88 Å². The van der Waals surface area contributed by atoms with Gasteiger partial charge in [-0.25, -0.2) is 0 Å². The fourth-order valence-corrected chi connectivity index (χ4v) is 3.16. The van der Waals surface area contributed by atoms with Gasteiger partial charge in [-0.05, 0) is 59.1 Å². The molecule has 0 unspecified atom stereocenters. The first-order chi connectivity index (χ1) is 13.1. The Balaban J connectivity index is 1.44. The summed E-state index contributed by atoms with van der Waals surface area (Å²) in [6.07, 6.45) is 1.99. The van der Waals surface area contributed by atoms with Crippen LogP contribution in [0.4, 0.5) is 0 Å². The molecular formula is C19H17ClN6O. The fraction of sp³-hybridized carbons (Fsp3) is 0.158.